The van der Waals surface area contributed by atoms with E-state index in [9.17, 15) is 14.4 Å². The zero-order chi connectivity index (χ0) is 58.5. The Balaban J connectivity index is 4.58. The molecular formula is C75H120O6. The minimum absolute atomic E-state index is 0.118. The number of hydrogen-bond acceptors (Lipinski definition) is 6. The molecule has 0 spiro atoms. The zero-order valence-electron chi connectivity index (χ0n) is 52.2. The van der Waals surface area contributed by atoms with E-state index in [1.807, 2.05) is 0 Å². The van der Waals surface area contributed by atoms with Crippen molar-refractivity contribution < 1.29 is 28.6 Å². The van der Waals surface area contributed by atoms with Crippen molar-refractivity contribution in [2.24, 2.45) is 0 Å². The van der Waals surface area contributed by atoms with Gasteiger partial charge in [-0.1, -0.05) is 294 Å². The summed E-state index contributed by atoms with van der Waals surface area (Å²) < 4.78 is 16.9. The van der Waals surface area contributed by atoms with Gasteiger partial charge in [-0.3, -0.25) is 14.4 Å². The van der Waals surface area contributed by atoms with E-state index in [1.165, 1.54) is 103 Å². The van der Waals surface area contributed by atoms with E-state index in [2.05, 4.69) is 179 Å². The van der Waals surface area contributed by atoms with E-state index in [1.54, 1.807) is 0 Å². The largest absolute Gasteiger partial charge is 0.462 e. The Bertz CT molecular complexity index is 1810. The molecule has 456 valence electrons. The van der Waals surface area contributed by atoms with Gasteiger partial charge in [-0.15, -0.1) is 0 Å². The molecule has 1 unspecified atom stereocenters. The normalized spacial score (nSPS) is 13.2. The summed E-state index contributed by atoms with van der Waals surface area (Å²) in [6.45, 7) is 6.34. The molecule has 0 aliphatic carbocycles. The van der Waals surface area contributed by atoms with Crippen LogP contribution in [0.4, 0.5) is 0 Å². The maximum atomic E-state index is 12.9. The Hall–Kier alpha value is -4.97. The van der Waals surface area contributed by atoms with Crippen LogP contribution < -0.4 is 0 Å². The molecule has 6 heteroatoms. The fraction of sp³-hybridized carbons (Fsp3) is 0.613. The van der Waals surface area contributed by atoms with Gasteiger partial charge >= 0.3 is 17.9 Å². The fourth-order valence-electron chi connectivity index (χ4n) is 8.67. The van der Waals surface area contributed by atoms with Crippen LogP contribution in [0, 0.1) is 0 Å². The summed E-state index contributed by atoms with van der Waals surface area (Å²) in [5.41, 5.74) is 0. The first-order valence-electron chi connectivity index (χ1n) is 33.0. The Morgan fingerprint density at radius 1 is 0.259 bits per heavy atom. The van der Waals surface area contributed by atoms with Crippen LogP contribution in [0.25, 0.3) is 0 Å². The molecule has 0 aromatic rings. The summed E-state index contributed by atoms with van der Waals surface area (Å²) in [5, 5.41) is 0. The average molecular weight is 1120 g/mol. The van der Waals surface area contributed by atoms with Crippen molar-refractivity contribution in [1.82, 2.24) is 0 Å². The van der Waals surface area contributed by atoms with Crippen molar-refractivity contribution in [2.45, 2.75) is 284 Å². The van der Waals surface area contributed by atoms with Gasteiger partial charge in [0.25, 0.3) is 0 Å². The van der Waals surface area contributed by atoms with E-state index < -0.39 is 6.10 Å². The van der Waals surface area contributed by atoms with Gasteiger partial charge in [0.2, 0.25) is 0 Å². The summed E-state index contributed by atoms with van der Waals surface area (Å²) in [6.07, 6.45) is 98.3. The van der Waals surface area contributed by atoms with E-state index in [0.29, 0.717) is 19.3 Å². The van der Waals surface area contributed by atoms with Gasteiger partial charge in [-0.25, -0.2) is 0 Å². The lowest BCUT2D eigenvalue weighted by Crippen LogP contribution is -2.30. The topological polar surface area (TPSA) is 78.9 Å². The molecule has 81 heavy (non-hydrogen) atoms. The monoisotopic (exact) mass is 1120 g/mol. The lowest BCUT2D eigenvalue weighted by atomic mass is 10.0. The Morgan fingerprint density at radius 3 is 0.802 bits per heavy atom. The third kappa shape index (κ3) is 65.7. The predicted octanol–water partition coefficient (Wildman–Crippen LogP) is 22.9. The number of carbonyl (C=O) groups is 3. The van der Waals surface area contributed by atoms with Gasteiger partial charge in [0.05, 0.1) is 0 Å². The summed E-state index contributed by atoms with van der Waals surface area (Å²) in [7, 11) is 0. The lowest BCUT2D eigenvalue weighted by molar-refractivity contribution is -0.167. The van der Waals surface area contributed by atoms with Gasteiger partial charge in [-0.2, -0.15) is 0 Å². The summed E-state index contributed by atoms with van der Waals surface area (Å²) in [4.78, 5) is 38.4. The highest BCUT2D eigenvalue weighted by atomic mass is 16.6. The van der Waals surface area contributed by atoms with Gasteiger partial charge < -0.3 is 14.2 Å². The van der Waals surface area contributed by atoms with Crippen LogP contribution in [0.1, 0.15) is 278 Å². The summed E-state index contributed by atoms with van der Waals surface area (Å²) in [6, 6.07) is 0. The van der Waals surface area contributed by atoms with Crippen molar-refractivity contribution in [1.29, 1.82) is 0 Å². The maximum Gasteiger partial charge on any atom is 0.306 e. The van der Waals surface area contributed by atoms with Crippen molar-refractivity contribution in [2.75, 3.05) is 13.2 Å². The van der Waals surface area contributed by atoms with Crippen LogP contribution >= 0.6 is 0 Å². The highest BCUT2D eigenvalue weighted by Gasteiger charge is 2.19. The highest BCUT2D eigenvalue weighted by molar-refractivity contribution is 5.71. The molecule has 0 rings (SSSR count). The van der Waals surface area contributed by atoms with Crippen molar-refractivity contribution in [3.63, 3.8) is 0 Å². The standard InChI is InChI=1S/C75H120O6/c1-4-7-10-13-16-19-22-25-28-31-34-36-37-39-41-44-47-50-53-56-59-62-65-68-74(77)80-71-72(70-79-73(76)67-64-61-58-55-52-49-46-43-40-33-30-27-24-21-18-15-12-9-6-3)81-75(78)69-66-63-60-57-54-51-48-45-42-38-35-32-29-26-23-20-17-14-11-8-5-2/h7-8,10-11,16-17,19-20,25-26,28-29,34-36,38-39,41,45,47-48,50,54,56-57,59,72H,4-6,9,12-15,18,21-24,27,30-33,37,40,42-44,46,49,51-53,55,58,60-71H2,1-3H3/b10-7-,11-8-,19-16-,20-17-,28-25-,29-26-,36-34-,38-35-,41-39-,48-45-,50-47-,57-54-,59-56-. The molecule has 0 bridgehead atoms. The van der Waals surface area contributed by atoms with Crippen LogP contribution in [-0.4, -0.2) is 37.2 Å². The first kappa shape index (κ1) is 76.0. The van der Waals surface area contributed by atoms with Crippen LogP contribution in [0.3, 0.4) is 0 Å². The van der Waals surface area contributed by atoms with Crippen LogP contribution in [0.2, 0.25) is 0 Å². The fourth-order valence-corrected chi connectivity index (χ4v) is 8.67. The molecular weight excluding hydrogens is 997 g/mol. The second kappa shape index (κ2) is 67.5. The van der Waals surface area contributed by atoms with Crippen molar-refractivity contribution in [3.05, 3.63) is 158 Å². The first-order chi connectivity index (χ1) is 40.0. The summed E-state index contributed by atoms with van der Waals surface area (Å²) in [5.74, 6) is -1.02. The third-order valence-corrected chi connectivity index (χ3v) is 13.5. The smallest absolute Gasteiger partial charge is 0.306 e. The Morgan fingerprint density at radius 2 is 0.494 bits per heavy atom. The molecule has 6 nitrogen and oxygen atoms in total. The second-order valence-electron chi connectivity index (χ2n) is 21.3. The van der Waals surface area contributed by atoms with E-state index in [-0.39, 0.29) is 44.0 Å². The summed E-state index contributed by atoms with van der Waals surface area (Å²) >= 11 is 0. The van der Waals surface area contributed by atoms with Crippen LogP contribution in [0.5, 0.6) is 0 Å². The number of carbonyl (C=O) groups excluding carboxylic acids is 3. The molecule has 0 radical (unpaired) electrons. The SMILES string of the molecule is CC/C=C\C/C=C\C/C=C\C/C=C\C/C=C\C/C=C\C/C=C\CCCC(=O)OCC(COC(=O)CCCCCCCCCCCCCCCCCCCCC)OC(=O)CCCC/C=C\C/C=C\C/C=C\C/C=C\C/C=C\C/C=C\CC. The Kier molecular flexibility index (Phi) is 63.4. The number of hydrogen-bond donors (Lipinski definition) is 0. The minimum Gasteiger partial charge on any atom is -0.462 e. The third-order valence-electron chi connectivity index (χ3n) is 13.5. The molecule has 0 aliphatic heterocycles. The molecule has 0 amide bonds. The number of allylic oxidation sites excluding steroid dienone is 26. The van der Waals surface area contributed by atoms with Crippen LogP contribution in [-0.2, 0) is 28.6 Å². The van der Waals surface area contributed by atoms with Gasteiger partial charge in [0.1, 0.15) is 13.2 Å². The number of unbranched alkanes of at least 4 members (excludes halogenated alkanes) is 21. The lowest BCUT2D eigenvalue weighted by Gasteiger charge is -2.18. The minimum atomic E-state index is -0.833. The van der Waals surface area contributed by atoms with E-state index in [4.69, 9.17) is 14.2 Å². The zero-order valence-corrected chi connectivity index (χ0v) is 52.2. The van der Waals surface area contributed by atoms with Gasteiger partial charge in [0.15, 0.2) is 6.10 Å². The number of esters is 3. The van der Waals surface area contributed by atoms with E-state index in [0.717, 1.165) is 122 Å². The molecule has 0 heterocycles. The quantitative estimate of drug-likeness (QED) is 0.0261. The van der Waals surface area contributed by atoms with Crippen molar-refractivity contribution >= 4 is 17.9 Å². The van der Waals surface area contributed by atoms with Gasteiger partial charge in [-0.05, 0) is 122 Å². The molecule has 1 atom stereocenters. The number of ether oxygens (including phenoxy) is 3. The van der Waals surface area contributed by atoms with E-state index >= 15 is 0 Å². The molecule has 0 saturated carbocycles. The molecule has 0 fully saturated rings. The van der Waals surface area contributed by atoms with Gasteiger partial charge in [0, 0.05) is 19.3 Å². The van der Waals surface area contributed by atoms with Crippen molar-refractivity contribution in [3.8, 4) is 0 Å². The first-order valence-corrected chi connectivity index (χ1v) is 33.0. The second-order valence-corrected chi connectivity index (χ2v) is 21.3. The van der Waals surface area contributed by atoms with Crippen LogP contribution in [0.15, 0.2) is 158 Å². The molecule has 0 saturated heterocycles. The maximum absolute atomic E-state index is 12.9. The Labute approximate surface area is 499 Å². The molecule has 0 N–H and O–H groups in total. The molecule has 0 aromatic heterocycles. The number of rotatable bonds is 58. The highest BCUT2D eigenvalue weighted by Crippen LogP contribution is 2.16. The molecule has 0 aliphatic rings. The average Bonchev–Trinajstić information content (AvgIpc) is 3.47. The predicted molar refractivity (Wildman–Crippen MR) is 352 cm³/mol. The molecule has 0 aromatic carbocycles.